The van der Waals surface area contributed by atoms with Gasteiger partial charge < -0.3 is 4.74 Å². The molecule has 0 heterocycles. The van der Waals surface area contributed by atoms with Crippen molar-refractivity contribution in [3.05, 3.63) is 29.8 Å². The van der Waals surface area contributed by atoms with Gasteiger partial charge in [0.15, 0.2) is 0 Å². The summed E-state index contributed by atoms with van der Waals surface area (Å²) < 4.78 is 5.27. The predicted molar refractivity (Wildman–Crippen MR) is 82.2 cm³/mol. The Morgan fingerprint density at radius 3 is 2.38 bits per heavy atom. The molecule has 0 atom stereocenters. The lowest BCUT2D eigenvalue weighted by atomic mass is 9.51. The first-order valence-electron chi connectivity index (χ1n) is 8.38. The van der Waals surface area contributed by atoms with E-state index >= 15 is 0 Å². The van der Waals surface area contributed by atoms with Crippen LogP contribution in [0.3, 0.4) is 0 Å². The number of carbonyl (C=O) groups is 1. The van der Waals surface area contributed by atoms with Gasteiger partial charge in [0.2, 0.25) is 0 Å². The highest BCUT2D eigenvalue weighted by Gasteiger charge is 2.50. The average Bonchev–Trinajstić information content (AvgIpc) is 2.46. The normalized spacial score (nSPS) is 36.7. The van der Waals surface area contributed by atoms with Crippen molar-refractivity contribution in [3.63, 3.8) is 0 Å². The summed E-state index contributed by atoms with van der Waals surface area (Å²) in [6, 6.07) is 7.99. The Labute approximate surface area is 126 Å². The molecule has 112 valence electrons. The third-order valence-corrected chi connectivity index (χ3v) is 6.11. The van der Waals surface area contributed by atoms with Crippen LogP contribution in [0.4, 0.5) is 0 Å². The Morgan fingerprint density at radius 2 is 1.76 bits per heavy atom. The fraction of sp³-hybridized carbons (Fsp3) is 0.632. The number of Topliss-reactive ketones (excluding diaryl/α,β-unsaturated/α-hetero) is 1. The maximum atomic E-state index is 12.9. The SMILES string of the molecule is COc1cccc(CC(=O)C2C3CC4CC(C3)CC2C4)c1. The molecular weight excluding hydrogens is 260 g/mol. The summed E-state index contributed by atoms with van der Waals surface area (Å²) in [4.78, 5) is 12.9. The molecule has 0 aliphatic heterocycles. The van der Waals surface area contributed by atoms with Gasteiger partial charge in [-0.15, -0.1) is 0 Å². The Kier molecular flexibility index (Phi) is 3.28. The van der Waals surface area contributed by atoms with Gasteiger partial charge in [-0.3, -0.25) is 4.79 Å². The second-order valence-corrected chi connectivity index (χ2v) is 7.45. The Bertz CT molecular complexity index is 520. The highest BCUT2D eigenvalue weighted by Crippen LogP contribution is 2.56. The number of hydrogen-bond acceptors (Lipinski definition) is 2. The minimum Gasteiger partial charge on any atom is -0.497 e. The molecule has 0 amide bonds. The quantitative estimate of drug-likeness (QED) is 0.838. The van der Waals surface area contributed by atoms with E-state index in [1.54, 1.807) is 7.11 Å². The summed E-state index contributed by atoms with van der Waals surface area (Å²) in [5.41, 5.74) is 1.10. The lowest BCUT2D eigenvalue weighted by Crippen LogP contribution is -2.48. The van der Waals surface area contributed by atoms with Crippen molar-refractivity contribution >= 4 is 5.78 Å². The van der Waals surface area contributed by atoms with Gasteiger partial charge in [0.05, 0.1) is 7.11 Å². The maximum Gasteiger partial charge on any atom is 0.140 e. The Hall–Kier alpha value is -1.31. The second-order valence-electron chi connectivity index (χ2n) is 7.45. The summed E-state index contributed by atoms with van der Waals surface area (Å²) in [5, 5.41) is 0. The second kappa shape index (κ2) is 5.15. The molecule has 0 saturated heterocycles. The van der Waals surface area contributed by atoms with Crippen molar-refractivity contribution in [2.24, 2.45) is 29.6 Å². The van der Waals surface area contributed by atoms with Gasteiger partial charge >= 0.3 is 0 Å². The third-order valence-electron chi connectivity index (χ3n) is 6.11. The Morgan fingerprint density at radius 1 is 1.10 bits per heavy atom. The summed E-state index contributed by atoms with van der Waals surface area (Å²) in [6.07, 6.45) is 7.32. The van der Waals surface area contributed by atoms with Crippen molar-refractivity contribution in [2.45, 2.75) is 38.5 Å². The van der Waals surface area contributed by atoms with E-state index in [4.69, 9.17) is 4.74 Å². The van der Waals surface area contributed by atoms with Gasteiger partial charge in [0.25, 0.3) is 0 Å². The molecule has 0 radical (unpaired) electrons. The summed E-state index contributed by atoms with van der Waals surface area (Å²) in [6.45, 7) is 0. The molecule has 1 aromatic carbocycles. The van der Waals surface area contributed by atoms with Crippen LogP contribution in [-0.4, -0.2) is 12.9 Å². The molecule has 4 saturated carbocycles. The molecule has 0 aromatic heterocycles. The highest BCUT2D eigenvalue weighted by atomic mass is 16.5. The van der Waals surface area contributed by atoms with E-state index in [9.17, 15) is 4.79 Å². The van der Waals surface area contributed by atoms with Crippen LogP contribution >= 0.6 is 0 Å². The van der Waals surface area contributed by atoms with Crippen molar-refractivity contribution in [2.75, 3.05) is 7.11 Å². The van der Waals surface area contributed by atoms with Crippen LogP contribution in [0.5, 0.6) is 5.75 Å². The molecule has 0 N–H and O–H groups in total. The zero-order valence-corrected chi connectivity index (χ0v) is 12.8. The largest absolute Gasteiger partial charge is 0.497 e. The summed E-state index contributed by atoms with van der Waals surface area (Å²) >= 11 is 0. The minimum atomic E-state index is 0.351. The molecule has 4 aliphatic carbocycles. The topological polar surface area (TPSA) is 26.3 Å². The lowest BCUT2D eigenvalue weighted by Gasteiger charge is -2.53. The first-order valence-corrected chi connectivity index (χ1v) is 8.38. The van der Waals surface area contributed by atoms with Crippen molar-refractivity contribution in [1.82, 2.24) is 0 Å². The molecule has 4 aliphatic rings. The van der Waals surface area contributed by atoms with Crippen LogP contribution in [0.1, 0.15) is 37.7 Å². The van der Waals surface area contributed by atoms with Crippen LogP contribution < -0.4 is 4.74 Å². The van der Waals surface area contributed by atoms with E-state index in [0.29, 0.717) is 30.0 Å². The maximum absolute atomic E-state index is 12.9. The van der Waals surface area contributed by atoms with E-state index in [1.807, 2.05) is 18.2 Å². The molecule has 2 heteroatoms. The number of ether oxygens (including phenoxy) is 1. The molecule has 4 bridgehead atoms. The zero-order valence-electron chi connectivity index (χ0n) is 12.8. The average molecular weight is 284 g/mol. The molecule has 2 nitrogen and oxygen atoms in total. The monoisotopic (exact) mass is 284 g/mol. The van der Waals surface area contributed by atoms with Gasteiger partial charge in [0, 0.05) is 12.3 Å². The first kappa shape index (κ1) is 13.4. The van der Waals surface area contributed by atoms with Crippen molar-refractivity contribution < 1.29 is 9.53 Å². The number of rotatable bonds is 4. The van der Waals surface area contributed by atoms with Crippen LogP contribution in [0.2, 0.25) is 0 Å². The van der Waals surface area contributed by atoms with Gasteiger partial charge in [-0.2, -0.15) is 0 Å². The predicted octanol–water partition coefficient (Wildman–Crippen LogP) is 3.88. The molecule has 5 rings (SSSR count). The molecule has 21 heavy (non-hydrogen) atoms. The van der Waals surface area contributed by atoms with Crippen LogP contribution in [0, 0.1) is 29.6 Å². The minimum absolute atomic E-state index is 0.351. The fourth-order valence-corrected chi connectivity index (χ4v) is 5.55. The van der Waals surface area contributed by atoms with Crippen LogP contribution in [-0.2, 0) is 11.2 Å². The number of ketones is 1. The van der Waals surface area contributed by atoms with Gasteiger partial charge in [-0.1, -0.05) is 12.1 Å². The number of methoxy groups -OCH3 is 1. The molecular formula is C19H24O2. The van der Waals surface area contributed by atoms with E-state index in [-0.39, 0.29) is 0 Å². The molecule has 0 unspecified atom stereocenters. The highest BCUT2D eigenvalue weighted by molar-refractivity contribution is 5.84. The van der Waals surface area contributed by atoms with Gasteiger partial charge in [-0.05, 0) is 73.5 Å². The summed E-state index contributed by atoms with van der Waals surface area (Å²) in [5.74, 6) is 4.95. The van der Waals surface area contributed by atoms with Crippen molar-refractivity contribution in [3.8, 4) is 5.75 Å². The van der Waals surface area contributed by atoms with E-state index < -0.39 is 0 Å². The van der Waals surface area contributed by atoms with E-state index in [0.717, 1.165) is 23.1 Å². The lowest BCUT2D eigenvalue weighted by molar-refractivity contribution is -0.135. The van der Waals surface area contributed by atoms with Gasteiger partial charge in [-0.25, -0.2) is 0 Å². The number of benzene rings is 1. The zero-order chi connectivity index (χ0) is 14.4. The smallest absolute Gasteiger partial charge is 0.140 e. The fourth-order valence-electron chi connectivity index (χ4n) is 5.55. The Balaban J connectivity index is 1.50. The van der Waals surface area contributed by atoms with E-state index in [2.05, 4.69) is 6.07 Å². The standard InChI is InChI=1S/C19H24O2/c1-21-17-4-2-3-12(10-17)11-18(20)19-15-6-13-5-14(8-15)9-16(19)7-13/h2-4,10,13-16,19H,5-9,11H2,1H3. The summed E-state index contributed by atoms with van der Waals surface area (Å²) in [7, 11) is 1.68. The molecule has 0 spiro atoms. The number of carbonyl (C=O) groups excluding carboxylic acids is 1. The number of hydrogen-bond donors (Lipinski definition) is 0. The first-order chi connectivity index (χ1) is 10.2. The van der Waals surface area contributed by atoms with E-state index in [1.165, 1.54) is 32.1 Å². The van der Waals surface area contributed by atoms with Gasteiger partial charge in [0.1, 0.15) is 11.5 Å². The van der Waals surface area contributed by atoms with Crippen LogP contribution in [0.15, 0.2) is 24.3 Å². The van der Waals surface area contributed by atoms with Crippen molar-refractivity contribution in [1.29, 1.82) is 0 Å². The third kappa shape index (κ3) is 2.39. The molecule has 4 fully saturated rings. The molecule has 1 aromatic rings. The van der Waals surface area contributed by atoms with Crippen LogP contribution in [0.25, 0.3) is 0 Å².